The first-order chi connectivity index (χ1) is 10.8. The van der Waals surface area contributed by atoms with Gasteiger partial charge in [0, 0.05) is 13.1 Å². The van der Waals surface area contributed by atoms with Crippen LogP contribution in [-0.4, -0.2) is 50.7 Å². The predicted molar refractivity (Wildman–Crippen MR) is 92.7 cm³/mol. The molecule has 1 heterocycles. The number of hydrogen-bond donors (Lipinski definition) is 2. The summed E-state index contributed by atoms with van der Waals surface area (Å²) in [5.41, 5.74) is 1.80. The lowest BCUT2D eigenvalue weighted by Crippen LogP contribution is -2.43. The second-order valence-corrected chi connectivity index (χ2v) is 8.54. The summed E-state index contributed by atoms with van der Waals surface area (Å²) in [6.07, 6.45) is 1.62. The van der Waals surface area contributed by atoms with Crippen molar-refractivity contribution in [1.82, 2.24) is 9.62 Å². The number of nitrogens with zero attached hydrogens (tertiary/aromatic N) is 1. The van der Waals surface area contributed by atoms with Crippen LogP contribution in [0.1, 0.15) is 30.9 Å². The van der Waals surface area contributed by atoms with Crippen molar-refractivity contribution in [2.75, 3.05) is 26.2 Å². The molecule has 2 rings (SSSR count). The smallest absolute Gasteiger partial charge is 0.215 e. The van der Waals surface area contributed by atoms with Gasteiger partial charge in [-0.2, -0.15) is 0 Å². The Bertz CT molecular complexity index is 596. The van der Waals surface area contributed by atoms with E-state index in [0.717, 1.165) is 43.0 Å². The van der Waals surface area contributed by atoms with Crippen LogP contribution >= 0.6 is 0 Å². The Kier molecular flexibility index (Phi) is 6.59. The molecule has 130 valence electrons. The normalized spacial score (nSPS) is 18.9. The molecular formula is C17H28N2O3S. The van der Waals surface area contributed by atoms with E-state index in [4.69, 9.17) is 0 Å². The van der Waals surface area contributed by atoms with Crippen molar-refractivity contribution >= 4 is 10.0 Å². The van der Waals surface area contributed by atoms with Crippen LogP contribution < -0.4 is 4.72 Å². The molecule has 1 aromatic carbocycles. The molecule has 1 atom stereocenters. The summed E-state index contributed by atoms with van der Waals surface area (Å²) in [6, 6.07) is 7.46. The van der Waals surface area contributed by atoms with E-state index >= 15 is 0 Å². The first kappa shape index (κ1) is 18.4. The van der Waals surface area contributed by atoms with Crippen molar-refractivity contribution in [2.24, 2.45) is 5.92 Å². The minimum atomic E-state index is -3.42. The monoisotopic (exact) mass is 340 g/mol. The molecular weight excluding hydrogens is 312 g/mol. The van der Waals surface area contributed by atoms with Gasteiger partial charge in [-0.25, -0.2) is 13.1 Å². The van der Waals surface area contributed by atoms with Gasteiger partial charge in [-0.05, 0) is 44.3 Å². The van der Waals surface area contributed by atoms with E-state index in [1.807, 2.05) is 25.1 Å². The van der Waals surface area contributed by atoms with Gasteiger partial charge in [0.25, 0.3) is 0 Å². The Morgan fingerprint density at radius 1 is 1.35 bits per heavy atom. The molecule has 0 saturated carbocycles. The second kappa shape index (κ2) is 8.24. The van der Waals surface area contributed by atoms with Crippen LogP contribution in [0.5, 0.6) is 0 Å². The lowest BCUT2D eigenvalue weighted by atomic mass is 9.99. The van der Waals surface area contributed by atoms with Gasteiger partial charge in [0.2, 0.25) is 10.0 Å². The first-order valence-corrected chi connectivity index (χ1v) is 9.92. The summed E-state index contributed by atoms with van der Waals surface area (Å²) < 4.78 is 26.8. The molecule has 23 heavy (non-hydrogen) atoms. The van der Waals surface area contributed by atoms with E-state index in [-0.39, 0.29) is 12.3 Å². The summed E-state index contributed by atoms with van der Waals surface area (Å²) in [5.74, 6) is 0.694. The van der Waals surface area contributed by atoms with Crippen LogP contribution in [0.2, 0.25) is 0 Å². The maximum Gasteiger partial charge on any atom is 0.215 e. The Balaban J connectivity index is 1.77. The Morgan fingerprint density at radius 3 is 2.70 bits per heavy atom. The summed E-state index contributed by atoms with van der Waals surface area (Å²) in [4.78, 5) is 2.21. The van der Waals surface area contributed by atoms with E-state index in [2.05, 4.69) is 16.5 Å². The third kappa shape index (κ3) is 6.59. The molecule has 0 amide bonds. The van der Waals surface area contributed by atoms with Crippen molar-refractivity contribution < 1.29 is 13.5 Å². The number of rotatable bonds is 7. The largest absolute Gasteiger partial charge is 0.390 e. The third-order valence-electron chi connectivity index (χ3n) is 4.32. The number of piperidine rings is 1. The SMILES string of the molecule is Cc1cccc(CS(=O)(=O)NC[C@@H](O)CN2CCC(C)CC2)c1. The van der Waals surface area contributed by atoms with Crippen LogP contribution in [0.15, 0.2) is 24.3 Å². The number of aliphatic hydroxyl groups excluding tert-OH is 1. The lowest BCUT2D eigenvalue weighted by Gasteiger charge is -2.31. The van der Waals surface area contributed by atoms with Crippen molar-refractivity contribution in [1.29, 1.82) is 0 Å². The fourth-order valence-corrected chi connectivity index (χ4v) is 4.07. The molecule has 0 aromatic heterocycles. The average molecular weight is 340 g/mol. The van der Waals surface area contributed by atoms with E-state index < -0.39 is 16.1 Å². The standard InChI is InChI=1S/C17H28N2O3S/c1-14-6-8-19(9-7-14)12-17(20)11-18-23(21,22)13-16-5-3-4-15(2)10-16/h3-5,10,14,17-18,20H,6-9,11-13H2,1-2H3/t17-/m1/s1. The highest BCUT2D eigenvalue weighted by Gasteiger charge is 2.20. The number of hydrogen-bond acceptors (Lipinski definition) is 4. The molecule has 5 nitrogen and oxygen atoms in total. The minimum Gasteiger partial charge on any atom is -0.390 e. The van der Waals surface area contributed by atoms with E-state index in [1.54, 1.807) is 6.07 Å². The molecule has 2 N–H and O–H groups in total. The summed E-state index contributed by atoms with van der Waals surface area (Å²) in [7, 11) is -3.42. The summed E-state index contributed by atoms with van der Waals surface area (Å²) in [5, 5.41) is 10.1. The highest BCUT2D eigenvalue weighted by molar-refractivity contribution is 7.88. The van der Waals surface area contributed by atoms with Crippen LogP contribution in [-0.2, 0) is 15.8 Å². The number of aryl methyl sites for hydroxylation is 1. The van der Waals surface area contributed by atoms with Gasteiger partial charge in [-0.1, -0.05) is 36.8 Å². The molecule has 1 aliphatic rings. The van der Waals surface area contributed by atoms with Crippen LogP contribution in [0.3, 0.4) is 0 Å². The van der Waals surface area contributed by atoms with Crippen molar-refractivity contribution in [3.8, 4) is 0 Å². The number of benzene rings is 1. The summed E-state index contributed by atoms with van der Waals surface area (Å²) in [6.45, 7) is 6.74. The molecule has 0 aliphatic carbocycles. The van der Waals surface area contributed by atoms with Gasteiger partial charge < -0.3 is 10.0 Å². The highest BCUT2D eigenvalue weighted by atomic mass is 32.2. The van der Waals surface area contributed by atoms with Gasteiger partial charge in [-0.15, -0.1) is 0 Å². The van der Waals surface area contributed by atoms with E-state index in [1.165, 1.54) is 0 Å². The molecule has 0 spiro atoms. The van der Waals surface area contributed by atoms with Crippen LogP contribution in [0, 0.1) is 12.8 Å². The zero-order chi connectivity index (χ0) is 16.9. The van der Waals surface area contributed by atoms with Gasteiger partial charge in [0.1, 0.15) is 0 Å². The number of nitrogens with one attached hydrogen (secondary N) is 1. The molecule has 1 fully saturated rings. The van der Waals surface area contributed by atoms with Gasteiger partial charge in [-0.3, -0.25) is 0 Å². The Hall–Kier alpha value is -0.950. The van der Waals surface area contributed by atoms with Gasteiger partial charge in [0.15, 0.2) is 0 Å². The first-order valence-electron chi connectivity index (χ1n) is 8.27. The molecule has 1 aliphatic heterocycles. The molecule has 1 saturated heterocycles. The van der Waals surface area contributed by atoms with Crippen molar-refractivity contribution in [2.45, 2.75) is 38.5 Å². The van der Waals surface area contributed by atoms with E-state index in [9.17, 15) is 13.5 Å². The molecule has 0 unspecified atom stereocenters. The number of β-amino-alcohol motifs (C(OH)–C–C–N with tert-alkyl or cyclic N) is 1. The maximum atomic E-state index is 12.1. The average Bonchev–Trinajstić information content (AvgIpc) is 2.47. The quantitative estimate of drug-likeness (QED) is 0.789. The number of sulfonamides is 1. The topological polar surface area (TPSA) is 69.6 Å². The molecule has 6 heteroatoms. The predicted octanol–water partition coefficient (Wildman–Crippen LogP) is 1.51. The van der Waals surface area contributed by atoms with Crippen LogP contribution in [0.25, 0.3) is 0 Å². The summed E-state index contributed by atoms with van der Waals surface area (Å²) >= 11 is 0. The number of likely N-dealkylation sites (tertiary alicyclic amines) is 1. The van der Waals surface area contributed by atoms with Gasteiger partial charge >= 0.3 is 0 Å². The minimum absolute atomic E-state index is 0.0529. The fourth-order valence-electron chi connectivity index (χ4n) is 2.90. The number of aliphatic hydroxyl groups is 1. The third-order valence-corrected chi connectivity index (χ3v) is 5.64. The molecule has 1 aromatic rings. The highest BCUT2D eigenvalue weighted by Crippen LogP contribution is 2.16. The molecule has 0 radical (unpaired) electrons. The lowest BCUT2D eigenvalue weighted by molar-refractivity contribution is 0.0942. The Labute approximate surface area is 139 Å². The maximum absolute atomic E-state index is 12.1. The van der Waals surface area contributed by atoms with Gasteiger partial charge in [0.05, 0.1) is 11.9 Å². The second-order valence-electron chi connectivity index (χ2n) is 6.73. The van der Waals surface area contributed by atoms with Crippen molar-refractivity contribution in [3.63, 3.8) is 0 Å². The zero-order valence-electron chi connectivity index (χ0n) is 14.0. The Morgan fingerprint density at radius 2 is 2.04 bits per heavy atom. The van der Waals surface area contributed by atoms with Crippen molar-refractivity contribution in [3.05, 3.63) is 35.4 Å². The zero-order valence-corrected chi connectivity index (χ0v) is 14.8. The van der Waals surface area contributed by atoms with Crippen LogP contribution in [0.4, 0.5) is 0 Å². The fraction of sp³-hybridized carbons (Fsp3) is 0.647. The molecule has 0 bridgehead atoms. The van der Waals surface area contributed by atoms with E-state index in [0.29, 0.717) is 6.54 Å².